The lowest BCUT2D eigenvalue weighted by Crippen LogP contribution is -2.36. The molecule has 5 heteroatoms. The summed E-state index contributed by atoms with van der Waals surface area (Å²) in [4.78, 5) is 24.3. The summed E-state index contributed by atoms with van der Waals surface area (Å²) < 4.78 is 5.06. The molecule has 0 radical (unpaired) electrons. The van der Waals surface area contributed by atoms with Crippen LogP contribution in [-0.4, -0.2) is 31.1 Å². The minimum atomic E-state index is -1.10. The van der Waals surface area contributed by atoms with Crippen LogP contribution in [0.1, 0.15) is 13.3 Å². The monoisotopic (exact) mass is 251 g/mol. The van der Waals surface area contributed by atoms with Crippen molar-refractivity contribution < 1.29 is 19.4 Å². The molecule has 1 rings (SSSR count). The third kappa shape index (κ3) is 3.00. The van der Waals surface area contributed by atoms with Gasteiger partial charge in [0.25, 0.3) is 0 Å². The Morgan fingerprint density at radius 2 is 2.11 bits per heavy atom. The molecule has 0 aliphatic heterocycles. The van der Waals surface area contributed by atoms with Crippen LogP contribution in [0.5, 0.6) is 5.75 Å². The minimum absolute atomic E-state index is 0.266. The van der Waals surface area contributed by atoms with E-state index in [4.69, 9.17) is 9.84 Å². The van der Waals surface area contributed by atoms with Gasteiger partial charge in [0.15, 0.2) is 0 Å². The van der Waals surface area contributed by atoms with Gasteiger partial charge in [-0.2, -0.15) is 0 Å². The van der Waals surface area contributed by atoms with Crippen molar-refractivity contribution in [2.45, 2.75) is 13.3 Å². The summed E-state index contributed by atoms with van der Waals surface area (Å²) in [6.07, 6.45) is 0.266. The molecule has 1 aromatic rings. The number of hydrogen-bond acceptors (Lipinski definition) is 3. The van der Waals surface area contributed by atoms with Gasteiger partial charge in [0.1, 0.15) is 11.7 Å². The van der Waals surface area contributed by atoms with Crippen LogP contribution in [0.2, 0.25) is 0 Å². The molecular weight excluding hydrogens is 234 g/mol. The number of nitrogens with zero attached hydrogens (tertiary/aromatic N) is 1. The van der Waals surface area contributed by atoms with E-state index in [2.05, 4.69) is 0 Å². The molecule has 0 aromatic heterocycles. The predicted molar refractivity (Wildman–Crippen MR) is 67.8 cm³/mol. The van der Waals surface area contributed by atoms with E-state index in [0.717, 1.165) is 0 Å². The van der Waals surface area contributed by atoms with Crippen LogP contribution in [0.15, 0.2) is 24.3 Å². The molecule has 1 unspecified atom stereocenters. The van der Waals surface area contributed by atoms with Crippen molar-refractivity contribution in [3.63, 3.8) is 0 Å². The standard InChI is InChI=1S/C13H17NO4/c1-4-11(13(16)17)12(15)14(2)9-6-5-7-10(8-9)18-3/h5-8,11H,4H2,1-3H3,(H,16,17). The third-order valence-corrected chi connectivity index (χ3v) is 2.78. The SMILES string of the molecule is CCC(C(=O)O)C(=O)N(C)c1cccc(OC)c1. The fraction of sp³-hybridized carbons (Fsp3) is 0.385. The predicted octanol–water partition coefficient (Wildman–Crippen LogP) is 1.77. The zero-order chi connectivity index (χ0) is 13.7. The van der Waals surface area contributed by atoms with E-state index in [9.17, 15) is 9.59 Å². The number of carboxylic acid groups (broad SMARTS) is 1. The van der Waals surface area contributed by atoms with Crippen molar-refractivity contribution in [1.29, 1.82) is 0 Å². The van der Waals surface area contributed by atoms with Crippen LogP contribution in [0.25, 0.3) is 0 Å². The van der Waals surface area contributed by atoms with Crippen molar-refractivity contribution >= 4 is 17.6 Å². The number of amides is 1. The Morgan fingerprint density at radius 1 is 1.44 bits per heavy atom. The van der Waals surface area contributed by atoms with Gasteiger partial charge in [-0.05, 0) is 18.6 Å². The molecule has 0 heterocycles. The number of benzene rings is 1. The van der Waals surface area contributed by atoms with Crippen LogP contribution < -0.4 is 9.64 Å². The van der Waals surface area contributed by atoms with Crippen LogP contribution in [0, 0.1) is 5.92 Å². The number of carboxylic acids is 1. The summed E-state index contributed by atoms with van der Waals surface area (Å²) in [6.45, 7) is 1.68. The van der Waals surface area contributed by atoms with Gasteiger partial charge in [-0.15, -0.1) is 0 Å². The Labute approximate surface area is 106 Å². The van der Waals surface area contributed by atoms with Crippen molar-refractivity contribution in [1.82, 2.24) is 0 Å². The molecular formula is C13H17NO4. The first kappa shape index (κ1) is 14.0. The summed E-state index contributed by atoms with van der Waals surface area (Å²) in [7, 11) is 3.09. The first-order valence-electron chi connectivity index (χ1n) is 5.65. The number of ether oxygens (including phenoxy) is 1. The maximum Gasteiger partial charge on any atom is 0.316 e. The lowest BCUT2D eigenvalue weighted by Gasteiger charge is -2.21. The maximum atomic E-state index is 12.0. The molecule has 0 saturated carbocycles. The molecule has 5 nitrogen and oxygen atoms in total. The van der Waals surface area contributed by atoms with Gasteiger partial charge in [0, 0.05) is 18.8 Å². The van der Waals surface area contributed by atoms with Crippen molar-refractivity contribution in [3.05, 3.63) is 24.3 Å². The number of methoxy groups -OCH3 is 1. The molecule has 0 aliphatic rings. The van der Waals surface area contributed by atoms with E-state index in [-0.39, 0.29) is 6.42 Å². The highest BCUT2D eigenvalue weighted by molar-refractivity contribution is 6.05. The minimum Gasteiger partial charge on any atom is -0.497 e. The summed E-state index contributed by atoms with van der Waals surface area (Å²) >= 11 is 0. The topological polar surface area (TPSA) is 66.8 Å². The summed E-state index contributed by atoms with van der Waals surface area (Å²) in [6, 6.07) is 6.93. The molecule has 1 aromatic carbocycles. The Morgan fingerprint density at radius 3 is 2.61 bits per heavy atom. The third-order valence-electron chi connectivity index (χ3n) is 2.78. The van der Waals surface area contributed by atoms with Gasteiger partial charge >= 0.3 is 5.97 Å². The smallest absolute Gasteiger partial charge is 0.316 e. The lowest BCUT2D eigenvalue weighted by atomic mass is 10.1. The normalized spacial score (nSPS) is 11.7. The molecule has 1 amide bonds. The zero-order valence-corrected chi connectivity index (χ0v) is 10.7. The van der Waals surface area contributed by atoms with Crippen LogP contribution in [0.4, 0.5) is 5.69 Å². The van der Waals surface area contributed by atoms with Crippen LogP contribution >= 0.6 is 0 Å². The number of carbonyl (C=O) groups is 2. The van der Waals surface area contributed by atoms with Gasteiger partial charge in [-0.3, -0.25) is 9.59 Å². The summed E-state index contributed by atoms with van der Waals surface area (Å²) in [5, 5.41) is 8.97. The zero-order valence-electron chi connectivity index (χ0n) is 10.7. The molecule has 0 spiro atoms. The van der Waals surface area contributed by atoms with Gasteiger partial charge in [-0.25, -0.2) is 0 Å². The van der Waals surface area contributed by atoms with Crippen LogP contribution in [-0.2, 0) is 9.59 Å². The molecule has 98 valence electrons. The van der Waals surface area contributed by atoms with Gasteiger partial charge < -0.3 is 14.7 Å². The Bertz CT molecular complexity index is 444. The second kappa shape index (κ2) is 6.05. The highest BCUT2D eigenvalue weighted by Gasteiger charge is 2.27. The van der Waals surface area contributed by atoms with E-state index in [1.54, 1.807) is 38.2 Å². The Balaban J connectivity index is 2.94. The second-order valence-corrected chi connectivity index (χ2v) is 3.90. The number of aliphatic carboxylic acids is 1. The fourth-order valence-corrected chi connectivity index (χ4v) is 1.63. The summed E-state index contributed by atoms with van der Waals surface area (Å²) in [5.74, 6) is -1.92. The molecule has 0 aliphatic carbocycles. The number of hydrogen-bond donors (Lipinski definition) is 1. The van der Waals surface area contributed by atoms with Crippen molar-refractivity contribution in [3.8, 4) is 5.75 Å². The maximum absolute atomic E-state index is 12.0. The highest BCUT2D eigenvalue weighted by Crippen LogP contribution is 2.21. The molecule has 1 atom stereocenters. The van der Waals surface area contributed by atoms with E-state index >= 15 is 0 Å². The average Bonchev–Trinajstić information content (AvgIpc) is 2.38. The van der Waals surface area contributed by atoms with E-state index in [0.29, 0.717) is 11.4 Å². The fourth-order valence-electron chi connectivity index (χ4n) is 1.63. The van der Waals surface area contributed by atoms with E-state index in [1.807, 2.05) is 0 Å². The average molecular weight is 251 g/mol. The van der Waals surface area contributed by atoms with Gasteiger partial charge in [0.05, 0.1) is 7.11 Å². The molecule has 0 fully saturated rings. The Hall–Kier alpha value is -2.04. The van der Waals surface area contributed by atoms with Gasteiger partial charge in [0.2, 0.25) is 5.91 Å². The first-order chi connectivity index (χ1) is 8.51. The molecule has 0 saturated heterocycles. The molecule has 1 N–H and O–H groups in total. The quantitative estimate of drug-likeness (QED) is 0.810. The van der Waals surface area contributed by atoms with Crippen molar-refractivity contribution in [2.24, 2.45) is 5.92 Å². The molecule has 0 bridgehead atoms. The van der Waals surface area contributed by atoms with E-state index < -0.39 is 17.8 Å². The molecule has 18 heavy (non-hydrogen) atoms. The van der Waals surface area contributed by atoms with Crippen molar-refractivity contribution in [2.75, 3.05) is 19.1 Å². The largest absolute Gasteiger partial charge is 0.497 e. The van der Waals surface area contributed by atoms with Gasteiger partial charge in [-0.1, -0.05) is 13.0 Å². The lowest BCUT2D eigenvalue weighted by molar-refractivity contribution is -0.146. The van der Waals surface area contributed by atoms with Crippen LogP contribution in [0.3, 0.4) is 0 Å². The summed E-state index contributed by atoms with van der Waals surface area (Å²) in [5.41, 5.74) is 0.610. The number of carbonyl (C=O) groups excluding carboxylic acids is 1. The van der Waals surface area contributed by atoms with E-state index in [1.165, 1.54) is 12.0 Å². The second-order valence-electron chi connectivity index (χ2n) is 3.90. The number of anilines is 1. The number of rotatable bonds is 5. The highest BCUT2D eigenvalue weighted by atomic mass is 16.5. The Kier molecular flexibility index (Phi) is 4.71. The first-order valence-corrected chi connectivity index (χ1v) is 5.65.